The van der Waals surface area contributed by atoms with Crippen molar-refractivity contribution in [2.75, 3.05) is 0 Å². The zero-order chi connectivity index (χ0) is 15.9. The van der Waals surface area contributed by atoms with Crippen molar-refractivity contribution in [1.82, 2.24) is 0 Å². The summed E-state index contributed by atoms with van der Waals surface area (Å²) in [6.07, 6.45) is -0.0537. The molecule has 3 rings (SSSR count). The van der Waals surface area contributed by atoms with Gasteiger partial charge in [0.1, 0.15) is 6.10 Å². The van der Waals surface area contributed by atoms with Gasteiger partial charge in [-0.05, 0) is 22.3 Å². The van der Waals surface area contributed by atoms with Gasteiger partial charge in [0.25, 0.3) is 0 Å². The maximum absolute atomic E-state index is 6.25. The Labute approximate surface area is 143 Å². The average molecular weight is 320 g/mol. The van der Waals surface area contributed by atoms with Gasteiger partial charge >= 0.3 is 0 Å². The molecule has 0 unspecified atom stereocenters. The molecule has 0 fully saturated rings. The van der Waals surface area contributed by atoms with Gasteiger partial charge in [-0.25, -0.2) is 0 Å². The van der Waals surface area contributed by atoms with Gasteiger partial charge in [-0.2, -0.15) is 12.6 Å². The van der Waals surface area contributed by atoms with Crippen molar-refractivity contribution in [2.24, 2.45) is 0 Å². The smallest absolute Gasteiger partial charge is 0.108 e. The third-order valence-corrected chi connectivity index (χ3v) is 4.19. The van der Waals surface area contributed by atoms with Gasteiger partial charge in [0.15, 0.2) is 0 Å². The first-order valence-corrected chi connectivity index (χ1v) is 8.40. The monoisotopic (exact) mass is 320 g/mol. The standard InChI is InChI=1S/C21H20OS/c23-16-18-13-11-17(12-14-18)15-22-21(19-7-3-1-4-8-19)20-9-5-2-6-10-20/h1-14,21,23H,15-16H2. The maximum Gasteiger partial charge on any atom is 0.108 e. The Morgan fingerprint density at radius 3 is 1.61 bits per heavy atom. The fourth-order valence-electron chi connectivity index (χ4n) is 2.56. The Balaban J connectivity index is 1.79. The zero-order valence-corrected chi connectivity index (χ0v) is 13.8. The quantitative estimate of drug-likeness (QED) is 0.596. The average Bonchev–Trinajstić information content (AvgIpc) is 2.64. The highest BCUT2D eigenvalue weighted by Crippen LogP contribution is 2.27. The molecule has 0 atom stereocenters. The molecule has 0 aliphatic rings. The van der Waals surface area contributed by atoms with Gasteiger partial charge in [0.05, 0.1) is 6.61 Å². The predicted octanol–water partition coefficient (Wildman–Crippen LogP) is 5.42. The van der Waals surface area contributed by atoms with Gasteiger partial charge in [-0.1, -0.05) is 84.9 Å². The van der Waals surface area contributed by atoms with Crippen molar-refractivity contribution in [3.8, 4) is 0 Å². The fourth-order valence-corrected chi connectivity index (χ4v) is 2.77. The first kappa shape index (κ1) is 15.9. The van der Waals surface area contributed by atoms with E-state index in [-0.39, 0.29) is 6.10 Å². The highest BCUT2D eigenvalue weighted by Gasteiger charge is 2.14. The van der Waals surface area contributed by atoms with Crippen LogP contribution in [-0.2, 0) is 17.1 Å². The molecule has 3 aromatic rings. The molecule has 0 aliphatic carbocycles. The second-order valence-electron chi connectivity index (χ2n) is 5.49. The minimum Gasteiger partial charge on any atom is -0.364 e. The van der Waals surface area contributed by atoms with Gasteiger partial charge in [0, 0.05) is 5.75 Å². The molecule has 3 aromatic carbocycles. The summed E-state index contributed by atoms with van der Waals surface area (Å²) >= 11 is 4.29. The van der Waals surface area contributed by atoms with Crippen molar-refractivity contribution >= 4 is 12.6 Å². The molecular formula is C21H20OS. The van der Waals surface area contributed by atoms with Gasteiger partial charge in [-0.3, -0.25) is 0 Å². The molecule has 116 valence electrons. The van der Waals surface area contributed by atoms with E-state index in [1.165, 1.54) is 22.3 Å². The molecule has 2 heteroatoms. The fraction of sp³-hybridized carbons (Fsp3) is 0.143. The summed E-state index contributed by atoms with van der Waals surface area (Å²) in [5.41, 5.74) is 4.74. The molecule has 0 bridgehead atoms. The number of hydrogen-bond donors (Lipinski definition) is 1. The van der Waals surface area contributed by atoms with Crippen LogP contribution < -0.4 is 0 Å². The molecule has 0 saturated carbocycles. The van der Waals surface area contributed by atoms with E-state index < -0.39 is 0 Å². The van der Waals surface area contributed by atoms with E-state index in [1.54, 1.807) is 0 Å². The van der Waals surface area contributed by atoms with Crippen LogP contribution >= 0.6 is 12.6 Å². The second kappa shape index (κ2) is 8.00. The van der Waals surface area contributed by atoms with Gasteiger partial charge < -0.3 is 4.74 Å². The third kappa shape index (κ3) is 4.25. The molecule has 0 saturated heterocycles. The third-order valence-electron chi connectivity index (χ3n) is 3.83. The first-order chi connectivity index (χ1) is 11.4. The lowest BCUT2D eigenvalue weighted by molar-refractivity contribution is 0.0667. The Morgan fingerprint density at radius 1 is 0.652 bits per heavy atom. The highest BCUT2D eigenvalue weighted by molar-refractivity contribution is 7.79. The Morgan fingerprint density at radius 2 is 1.13 bits per heavy atom. The molecule has 0 aromatic heterocycles. The highest BCUT2D eigenvalue weighted by atomic mass is 32.1. The molecule has 1 nitrogen and oxygen atoms in total. The number of thiol groups is 1. The lowest BCUT2D eigenvalue weighted by Gasteiger charge is -2.19. The van der Waals surface area contributed by atoms with E-state index in [0.717, 1.165) is 5.75 Å². The lowest BCUT2D eigenvalue weighted by atomic mass is 10.0. The van der Waals surface area contributed by atoms with E-state index in [0.29, 0.717) is 6.61 Å². The summed E-state index contributed by atoms with van der Waals surface area (Å²) in [6.45, 7) is 0.585. The van der Waals surface area contributed by atoms with E-state index in [1.807, 2.05) is 12.1 Å². The minimum atomic E-state index is -0.0537. The van der Waals surface area contributed by atoms with Crippen LogP contribution in [0.2, 0.25) is 0 Å². The van der Waals surface area contributed by atoms with Crippen LogP contribution in [0.3, 0.4) is 0 Å². The van der Waals surface area contributed by atoms with Crippen LogP contribution in [0.25, 0.3) is 0 Å². The van der Waals surface area contributed by atoms with Crippen LogP contribution in [0.5, 0.6) is 0 Å². The Bertz CT molecular complexity index is 668. The summed E-state index contributed by atoms with van der Waals surface area (Å²) in [4.78, 5) is 0. The van der Waals surface area contributed by atoms with Gasteiger partial charge in [0.2, 0.25) is 0 Å². The molecule has 0 N–H and O–H groups in total. The summed E-state index contributed by atoms with van der Waals surface area (Å²) in [6, 6.07) is 29.1. The van der Waals surface area contributed by atoms with Crippen molar-refractivity contribution in [3.63, 3.8) is 0 Å². The lowest BCUT2D eigenvalue weighted by Crippen LogP contribution is -2.06. The number of hydrogen-bond acceptors (Lipinski definition) is 2. The van der Waals surface area contributed by atoms with E-state index >= 15 is 0 Å². The summed E-state index contributed by atoms with van der Waals surface area (Å²) < 4.78 is 6.25. The van der Waals surface area contributed by atoms with Crippen molar-refractivity contribution < 1.29 is 4.74 Å². The zero-order valence-electron chi connectivity index (χ0n) is 12.9. The number of benzene rings is 3. The molecular weight excluding hydrogens is 300 g/mol. The molecule has 0 spiro atoms. The molecule has 0 heterocycles. The van der Waals surface area contributed by atoms with E-state index in [9.17, 15) is 0 Å². The molecule has 0 amide bonds. The first-order valence-electron chi connectivity index (χ1n) is 7.77. The minimum absolute atomic E-state index is 0.0537. The van der Waals surface area contributed by atoms with Crippen LogP contribution in [0, 0.1) is 0 Å². The van der Waals surface area contributed by atoms with Crippen LogP contribution in [0.1, 0.15) is 28.4 Å². The summed E-state index contributed by atoms with van der Waals surface area (Å²) in [5.74, 6) is 0.762. The number of ether oxygens (including phenoxy) is 1. The SMILES string of the molecule is SCc1ccc(COC(c2ccccc2)c2ccccc2)cc1. The van der Waals surface area contributed by atoms with Crippen molar-refractivity contribution in [3.05, 3.63) is 107 Å². The van der Waals surface area contributed by atoms with Crippen LogP contribution in [0.4, 0.5) is 0 Å². The molecule has 0 radical (unpaired) electrons. The second-order valence-corrected chi connectivity index (χ2v) is 5.80. The van der Waals surface area contributed by atoms with E-state index in [4.69, 9.17) is 4.74 Å². The largest absolute Gasteiger partial charge is 0.364 e. The topological polar surface area (TPSA) is 9.23 Å². The molecule has 23 heavy (non-hydrogen) atoms. The van der Waals surface area contributed by atoms with Crippen LogP contribution in [0.15, 0.2) is 84.9 Å². The predicted molar refractivity (Wildman–Crippen MR) is 98.6 cm³/mol. The summed E-state index contributed by atoms with van der Waals surface area (Å²) in [7, 11) is 0. The van der Waals surface area contributed by atoms with E-state index in [2.05, 4.69) is 85.4 Å². The normalized spacial score (nSPS) is 10.9. The van der Waals surface area contributed by atoms with Gasteiger partial charge in [-0.15, -0.1) is 0 Å². The van der Waals surface area contributed by atoms with Crippen molar-refractivity contribution in [2.45, 2.75) is 18.5 Å². The van der Waals surface area contributed by atoms with Crippen molar-refractivity contribution in [1.29, 1.82) is 0 Å². The molecule has 0 aliphatic heterocycles. The Kier molecular flexibility index (Phi) is 5.51. The Hall–Kier alpha value is -2.03. The summed E-state index contributed by atoms with van der Waals surface area (Å²) in [5, 5.41) is 0. The number of rotatable bonds is 6. The van der Waals surface area contributed by atoms with Crippen LogP contribution in [-0.4, -0.2) is 0 Å². The maximum atomic E-state index is 6.25.